The molecule has 1 N–H and O–H groups in total. The molecule has 0 saturated carbocycles. The summed E-state index contributed by atoms with van der Waals surface area (Å²) in [7, 11) is 0. The lowest BCUT2D eigenvalue weighted by Crippen LogP contribution is -2.29. The molecule has 0 aromatic heterocycles. The van der Waals surface area contributed by atoms with E-state index in [9.17, 15) is 4.79 Å². The minimum Gasteiger partial charge on any atom is -0.359 e. The number of aldehydes is 1. The molecule has 3 nitrogen and oxygen atoms in total. The molecule has 2 aliphatic heterocycles. The molecule has 1 aromatic rings. The Morgan fingerprint density at radius 1 is 1.22 bits per heavy atom. The number of unbranched alkanes of at least 4 members (excludes halogenated alkanes) is 1. The number of likely N-dealkylation sites (tertiary alicyclic amines) is 1. The highest BCUT2D eigenvalue weighted by atomic mass is 16.1. The largest absolute Gasteiger partial charge is 0.359 e. The van der Waals surface area contributed by atoms with Crippen molar-refractivity contribution < 1.29 is 4.79 Å². The molecular formula is C29H38N2O. The van der Waals surface area contributed by atoms with Gasteiger partial charge in [-0.1, -0.05) is 55.0 Å². The summed E-state index contributed by atoms with van der Waals surface area (Å²) in [5.41, 5.74) is 8.42. The molecule has 1 saturated heterocycles. The molecule has 3 heteroatoms. The van der Waals surface area contributed by atoms with Gasteiger partial charge >= 0.3 is 0 Å². The number of hydrogen-bond acceptors (Lipinski definition) is 3. The highest BCUT2D eigenvalue weighted by Gasteiger charge is 2.14. The van der Waals surface area contributed by atoms with E-state index in [0.717, 1.165) is 48.9 Å². The van der Waals surface area contributed by atoms with Crippen molar-refractivity contribution in [1.29, 1.82) is 0 Å². The number of allylic oxidation sites excluding steroid dienone is 7. The predicted molar refractivity (Wildman–Crippen MR) is 136 cm³/mol. The average molecular weight is 431 g/mol. The molecule has 1 fully saturated rings. The van der Waals surface area contributed by atoms with Gasteiger partial charge in [0.25, 0.3) is 0 Å². The Kier molecular flexibility index (Phi) is 9.30. The molecule has 2 aliphatic rings. The fraction of sp³-hybridized carbons (Fsp3) is 0.414. The summed E-state index contributed by atoms with van der Waals surface area (Å²) in [6.07, 6.45) is 17.0. The van der Waals surface area contributed by atoms with Crippen LogP contribution in [-0.4, -0.2) is 24.3 Å². The minimum absolute atomic E-state index is 0.611. The monoisotopic (exact) mass is 430 g/mol. The van der Waals surface area contributed by atoms with E-state index in [0.29, 0.717) is 6.42 Å². The second-order valence-electron chi connectivity index (χ2n) is 8.93. The smallest absolute Gasteiger partial charge is 0.120 e. The van der Waals surface area contributed by atoms with Crippen LogP contribution in [0.1, 0.15) is 69.9 Å². The normalized spacial score (nSPS) is 17.9. The van der Waals surface area contributed by atoms with E-state index in [1.165, 1.54) is 54.7 Å². The van der Waals surface area contributed by atoms with E-state index in [1.807, 2.05) is 6.92 Å². The average Bonchev–Trinajstić information content (AvgIpc) is 2.81. The molecule has 0 unspecified atom stereocenters. The Balaban J connectivity index is 1.73. The maximum absolute atomic E-state index is 10.7. The highest BCUT2D eigenvalue weighted by Crippen LogP contribution is 2.27. The first-order valence-electron chi connectivity index (χ1n) is 12.1. The molecule has 0 spiro atoms. The van der Waals surface area contributed by atoms with Gasteiger partial charge in [-0.2, -0.15) is 0 Å². The minimum atomic E-state index is 0.611. The summed E-state index contributed by atoms with van der Waals surface area (Å²) < 4.78 is 0. The Labute approximate surface area is 194 Å². The van der Waals surface area contributed by atoms with Gasteiger partial charge in [-0.25, -0.2) is 0 Å². The van der Waals surface area contributed by atoms with Crippen molar-refractivity contribution in [3.63, 3.8) is 0 Å². The second-order valence-corrected chi connectivity index (χ2v) is 8.93. The number of carbonyl (C=O) groups excluding carboxylic acids is 1. The lowest BCUT2D eigenvalue weighted by molar-refractivity contribution is -0.107. The predicted octanol–water partition coefficient (Wildman–Crippen LogP) is 6.71. The van der Waals surface area contributed by atoms with Crippen molar-refractivity contribution in [2.75, 3.05) is 13.1 Å². The van der Waals surface area contributed by atoms with Gasteiger partial charge < -0.3 is 10.1 Å². The van der Waals surface area contributed by atoms with Crippen LogP contribution in [0.5, 0.6) is 0 Å². The second kappa shape index (κ2) is 12.4. The first-order chi connectivity index (χ1) is 15.6. The van der Waals surface area contributed by atoms with Gasteiger partial charge in [0, 0.05) is 24.4 Å². The molecule has 0 radical (unpaired) electrons. The maximum Gasteiger partial charge on any atom is 0.120 e. The Morgan fingerprint density at radius 3 is 2.78 bits per heavy atom. The van der Waals surface area contributed by atoms with Gasteiger partial charge in [0.15, 0.2) is 0 Å². The first-order valence-corrected chi connectivity index (χ1v) is 12.1. The highest BCUT2D eigenvalue weighted by molar-refractivity contribution is 5.75. The Hall–Kier alpha value is -2.65. The van der Waals surface area contributed by atoms with E-state index < -0.39 is 0 Å². The molecule has 0 atom stereocenters. The molecular weight excluding hydrogens is 392 g/mol. The SMILES string of the molecule is C=C(/C=C(\C=C/C)C1=CCC(C)=C(CCCC=O)N1)c1cccc(CN2CCCCC2)c1. The van der Waals surface area contributed by atoms with E-state index in [4.69, 9.17) is 0 Å². The lowest BCUT2D eigenvalue weighted by atomic mass is 9.96. The molecule has 0 bridgehead atoms. The van der Waals surface area contributed by atoms with Gasteiger partial charge in [-0.3, -0.25) is 4.90 Å². The number of carbonyl (C=O) groups is 1. The molecule has 32 heavy (non-hydrogen) atoms. The van der Waals surface area contributed by atoms with E-state index >= 15 is 0 Å². The van der Waals surface area contributed by atoms with Gasteiger partial charge in [0.1, 0.15) is 6.29 Å². The number of rotatable bonds is 10. The van der Waals surface area contributed by atoms with Crippen molar-refractivity contribution >= 4 is 11.9 Å². The van der Waals surface area contributed by atoms with Crippen LogP contribution in [-0.2, 0) is 11.3 Å². The molecule has 1 aromatic carbocycles. The number of nitrogens with one attached hydrogen (secondary N) is 1. The summed E-state index contributed by atoms with van der Waals surface area (Å²) in [5, 5.41) is 3.63. The third-order valence-corrected chi connectivity index (χ3v) is 6.30. The van der Waals surface area contributed by atoms with Crippen molar-refractivity contribution in [2.45, 2.75) is 65.3 Å². The summed E-state index contributed by atoms with van der Waals surface area (Å²) in [5.74, 6) is 0. The maximum atomic E-state index is 10.7. The number of piperidine rings is 1. The van der Waals surface area contributed by atoms with Gasteiger partial charge in [0.05, 0.1) is 0 Å². The van der Waals surface area contributed by atoms with E-state index in [-0.39, 0.29) is 0 Å². The van der Waals surface area contributed by atoms with Crippen molar-refractivity contribution in [1.82, 2.24) is 10.2 Å². The third kappa shape index (κ3) is 6.93. The number of benzene rings is 1. The van der Waals surface area contributed by atoms with Crippen LogP contribution in [0.3, 0.4) is 0 Å². The van der Waals surface area contributed by atoms with Crippen molar-refractivity contribution in [3.05, 3.63) is 88.8 Å². The fourth-order valence-corrected chi connectivity index (χ4v) is 4.44. The molecule has 0 amide bonds. The molecule has 0 aliphatic carbocycles. The first kappa shape index (κ1) is 24.0. The van der Waals surface area contributed by atoms with Gasteiger partial charge in [-0.15, -0.1) is 0 Å². The van der Waals surface area contributed by atoms with Crippen LogP contribution < -0.4 is 5.32 Å². The third-order valence-electron chi connectivity index (χ3n) is 6.30. The topological polar surface area (TPSA) is 32.3 Å². The standard InChI is InChI=1S/C29H38N2O/c1-4-11-27(29-16-15-23(2)28(30-29)14-6-9-19-32)20-24(3)26-13-10-12-25(21-26)22-31-17-7-5-8-18-31/h4,10-13,16,19-21,30H,3,5-9,14-15,17-18,22H2,1-2H3/b11-4-,27-20+. The zero-order chi connectivity index (χ0) is 22.8. The summed E-state index contributed by atoms with van der Waals surface area (Å²) in [4.78, 5) is 13.3. The zero-order valence-electron chi connectivity index (χ0n) is 19.8. The van der Waals surface area contributed by atoms with Crippen LogP contribution in [0.4, 0.5) is 0 Å². The summed E-state index contributed by atoms with van der Waals surface area (Å²) in [6, 6.07) is 8.83. The Morgan fingerprint density at radius 2 is 2.03 bits per heavy atom. The molecule has 170 valence electrons. The van der Waals surface area contributed by atoms with Gasteiger partial charge in [-0.05, 0) is 93.5 Å². The van der Waals surface area contributed by atoms with Crippen LogP contribution >= 0.6 is 0 Å². The summed E-state index contributed by atoms with van der Waals surface area (Å²) >= 11 is 0. The van der Waals surface area contributed by atoms with Crippen LogP contribution in [0.2, 0.25) is 0 Å². The van der Waals surface area contributed by atoms with Crippen LogP contribution in [0, 0.1) is 0 Å². The fourth-order valence-electron chi connectivity index (χ4n) is 4.44. The quantitative estimate of drug-likeness (QED) is 0.254. The van der Waals surface area contributed by atoms with Crippen LogP contribution in [0.15, 0.2) is 77.7 Å². The van der Waals surface area contributed by atoms with E-state index in [1.54, 1.807) is 0 Å². The lowest BCUT2D eigenvalue weighted by Gasteiger charge is -2.26. The number of hydrogen-bond donors (Lipinski definition) is 1. The molecule has 3 rings (SSSR count). The number of dihydropyridines is 1. The van der Waals surface area contributed by atoms with E-state index in [2.05, 4.69) is 72.3 Å². The Bertz CT molecular complexity index is 926. The summed E-state index contributed by atoms with van der Waals surface area (Å²) in [6.45, 7) is 12.0. The van der Waals surface area contributed by atoms with Crippen molar-refractivity contribution in [3.8, 4) is 0 Å². The zero-order valence-corrected chi connectivity index (χ0v) is 19.8. The van der Waals surface area contributed by atoms with Crippen molar-refractivity contribution in [2.24, 2.45) is 0 Å². The molecule has 2 heterocycles. The van der Waals surface area contributed by atoms with Gasteiger partial charge in [0.2, 0.25) is 0 Å². The number of nitrogens with zero attached hydrogens (tertiary/aromatic N) is 1. The van der Waals surface area contributed by atoms with Crippen LogP contribution in [0.25, 0.3) is 5.57 Å².